The Morgan fingerprint density at radius 2 is 1.88 bits per heavy atom. The average Bonchev–Trinajstić information content (AvgIpc) is 3.02. The highest BCUT2D eigenvalue weighted by Crippen LogP contribution is 2.47. The van der Waals surface area contributed by atoms with Gasteiger partial charge in [0.15, 0.2) is 11.4 Å². The Bertz CT molecular complexity index is 1210. The van der Waals surface area contributed by atoms with Crippen molar-refractivity contribution in [2.45, 2.75) is 12.3 Å². The first-order valence-electron chi connectivity index (χ1n) is 9.62. The van der Waals surface area contributed by atoms with Crippen molar-refractivity contribution in [2.75, 3.05) is 20.0 Å². The van der Waals surface area contributed by atoms with Crippen molar-refractivity contribution in [3.63, 3.8) is 0 Å². The Morgan fingerprint density at radius 3 is 2.50 bits per heavy atom. The molecular formula is C23H20ClN3O5. The van der Waals surface area contributed by atoms with E-state index in [-0.39, 0.29) is 39.8 Å². The van der Waals surface area contributed by atoms with Crippen LogP contribution in [0.1, 0.15) is 37.7 Å². The maximum absolute atomic E-state index is 13.5. The smallest absolute Gasteiger partial charge is 0.356 e. The summed E-state index contributed by atoms with van der Waals surface area (Å²) < 4.78 is 9.89. The molecule has 164 valence electrons. The second-order valence-electron chi connectivity index (χ2n) is 7.20. The van der Waals surface area contributed by atoms with Crippen molar-refractivity contribution in [1.29, 1.82) is 0 Å². The Balaban J connectivity index is 1.91. The number of fused-ring (bicyclic) bond motifs is 1. The lowest BCUT2D eigenvalue weighted by molar-refractivity contribution is -0.0537. The lowest BCUT2D eigenvalue weighted by Crippen LogP contribution is -2.44. The summed E-state index contributed by atoms with van der Waals surface area (Å²) in [6.45, 7) is 0.0217. The topological polar surface area (TPSA) is 115 Å². The predicted molar refractivity (Wildman–Crippen MR) is 117 cm³/mol. The molecule has 1 aliphatic rings. The molecule has 1 atom stereocenters. The molecule has 1 unspecified atom stereocenters. The number of amides is 1. The van der Waals surface area contributed by atoms with Gasteiger partial charge >= 0.3 is 5.97 Å². The molecule has 32 heavy (non-hydrogen) atoms. The van der Waals surface area contributed by atoms with E-state index < -0.39 is 17.6 Å². The number of hydrogen-bond acceptors (Lipinski definition) is 7. The lowest BCUT2D eigenvalue weighted by Gasteiger charge is -2.35. The number of nitrogen functional groups attached to an aromatic ring is 1. The zero-order valence-corrected chi connectivity index (χ0v) is 18.1. The average molecular weight is 454 g/mol. The van der Waals surface area contributed by atoms with Crippen LogP contribution in [-0.2, 0) is 17.0 Å². The molecule has 3 aromatic rings. The van der Waals surface area contributed by atoms with Gasteiger partial charge in [0.1, 0.15) is 11.4 Å². The maximum atomic E-state index is 13.5. The fraction of sp³-hybridized carbons (Fsp3) is 0.174. The zero-order valence-electron chi connectivity index (χ0n) is 17.3. The minimum absolute atomic E-state index is 0.0170. The van der Waals surface area contributed by atoms with E-state index in [0.717, 1.165) is 5.56 Å². The van der Waals surface area contributed by atoms with E-state index in [1.54, 1.807) is 55.6 Å². The summed E-state index contributed by atoms with van der Waals surface area (Å²) in [4.78, 5) is 30.9. The van der Waals surface area contributed by atoms with Crippen LogP contribution in [0.2, 0.25) is 5.02 Å². The van der Waals surface area contributed by atoms with E-state index in [1.807, 2.05) is 0 Å². The summed E-state index contributed by atoms with van der Waals surface area (Å²) >= 11 is 6.42. The molecule has 2 heterocycles. The van der Waals surface area contributed by atoms with E-state index in [4.69, 9.17) is 26.8 Å². The summed E-state index contributed by atoms with van der Waals surface area (Å²) in [5, 5.41) is 12.3. The van der Waals surface area contributed by atoms with Gasteiger partial charge < -0.3 is 20.3 Å². The molecule has 9 heteroatoms. The number of carbonyl (C=O) groups is 2. The van der Waals surface area contributed by atoms with Gasteiger partial charge in [0.05, 0.1) is 19.8 Å². The monoisotopic (exact) mass is 453 g/mol. The second kappa shape index (κ2) is 8.14. The summed E-state index contributed by atoms with van der Waals surface area (Å²) in [6.07, 6.45) is 0. The Kier molecular flexibility index (Phi) is 5.50. The van der Waals surface area contributed by atoms with Crippen LogP contribution in [0.15, 0.2) is 54.6 Å². The van der Waals surface area contributed by atoms with Crippen molar-refractivity contribution in [1.82, 2.24) is 9.88 Å². The number of hydrogen-bond donors (Lipinski definition) is 2. The van der Waals surface area contributed by atoms with E-state index >= 15 is 0 Å². The molecule has 4 rings (SSSR count). The van der Waals surface area contributed by atoms with E-state index in [0.29, 0.717) is 5.75 Å². The van der Waals surface area contributed by atoms with Crippen molar-refractivity contribution in [3.8, 4) is 5.75 Å². The van der Waals surface area contributed by atoms with Crippen LogP contribution in [0.4, 0.5) is 5.69 Å². The van der Waals surface area contributed by atoms with Gasteiger partial charge in [-0.1, -0.05) is 41.9 Å². The molecule has 1 aromatic heterocycles. The number of pyridine rings is 1. The molecular weight excluding hydrogens is 434 g/mol. The van der Waals surface area contributed by atoms with Gasteiger partial charge in [0.25, 0.3) is 5.91 Å². The van der Waals surface area contributed by atoms with Gasteiger partial charge in [0, 0.05) is 22.8 Å². The normalized spacial score (nSPS) is 17.2. The Labute approximate surface area is 189 Å². The minimum Gasteiger partial charge on any atom is -0.497 e. The number of methoxy groups -OCH3 is 2. The predicted octanol–water partition coefficient (Wildman–Crippen LogP) is 2.96. The van der Waals surface area contributed by atoms with E-state index in [1.165, 1.54) is 18.1 Å². The number of nitrogens with zero attached hydrogens (tertiary/aromatic N) is 2. The molecule has 2 aromatic carbocycles. The van der Waals surface area contributed by atoms with Gasteiger partial charge in [-0.15, -0.1) is 0 Å². The number of benzene rings is 2. The first-order valence-corrected chi connectivity index (χ1v) is 10.0. The number of nitrogens with two attached hydrogens (primary N) is 1. The van der Waals surface area contributed by atoms with Gasteiger partial charge in [-0.25, -0.2) is 9.78 Å². The van der Waals surface area contributed by atoms with Crippen LogP contribution in [0.25, 0.3) is 0 Å². The fourth-order valence-corrected chi connectivity index (χ4v) is 4.10. The Morgan fingerprint density at radius 1 is 1.19 bits per heavy atom. The third-order valence-electron chi connectivity index (χ3n) is 5.38. The van der Waals surface area contributed by atoms with Crippen LogP contribution >= 0.6 is 11.6 Å². The number of aliphatic hydroxyl groups is 1. The summed E-state index contributed by atoms with van der Waals surface area (Å²) in [5.41, 5.74) is 5.04. The Hall–Kier alpha value is -3.62. The molecule has 3 N–H and O–H groups in total. The van der Waals surface area contributed by atoms with Crippen LogP contribution in [0.5, 0.6) is 5.75 Å². The molecule has 8 nitrogen and oxygen atoms in total. The number of rotatable bonds is 5. The molecule has 1 amide bonds. The highest BCUT2D eigenvalue weighted by Gasteiger charge is 2.53. The van der Waals surface area contributed by atoms with Crippen LogP contribution in [0.3, 0.4) is 0 Å². The molecule has 0 aliphatic carbocycles. The van der Waals surface area contributed by atoms with Crippen molar-refractivity contribution >= 4 is 29.2 Å². The fourth-order valence-electron chi connectivity index (χ4n) is 3.83. The van der Waals surface area contributed by atoms with Gasteiger partial charge in [-0.3, -0.25) is 9.69 Å². The van der Waals surface area contributed by atoms with Crippen molar-refractivity contribution < 1.29 is 24.2 Å². The number of carbonyl (C=O) groups excluding carboxylic acids is 2. The maximum Gasteiger partial charge on any atom is 0.356 e. The number of anilines is 1. The first-order chi connectivity index (χ1) is 15.3. The highest BCUT2D eigenvalue weighted by atomic mass is 35.5. The standard InChI is InChI=1S/C23H20ClN3O5/c1-31-14-9-7-13(8-10-14)12-27-21(28)20-19(17(25)11-18(26-20)22(29)32-2)23(27,30)15-5-3-4-6-16(15)24/h3-11,30H,12H2,1-2H3,(H2,25,26). The second-order valence-corrected chi connectivity index (χ2v) is 7.61. The summed E-state index contributed by atoms with van der Waals surface area (Å²) in [6, 6.07) is 14.9. The molecule has 0 saturated carbocycles. The van der Waals surface area contributed by atoms with Gasteiger partial charge in [-0.2, -0.15) is 0 Å². The van der Waals surface area contributed by atoms with Crippen LogP contribution in [0, 0.1) is 0 Å². The number of esters is 1. The first kappa shape index (κ1) is 21.6. The van der Waals surface area contributed by atoms with Gasteiger partial charge in [0.2, 0.25) is 0 Å². The van der Waals surface area contributed by atoms with Crippen LogP contribution < -0.4 is 10.5 Å². The molecule has 0 radical (unpaired) electrons. The molecule has 0 spiro atoms. The third kappa shape index (κ3) is 3.34. The largest absolute Gasteiger partial charge is 0.497 e. The summed E-state index contributed by atoms with van der Waals surface area (Å²) in [5.74, 6) is -0.697. The number of aromatic nitrogens is 1. The quantitative estimate of drug-likeness (QED) is 0.570. The van der Waals surface area contributed by atoms with Crippen molar-refractivity contribution in [3.05, 3.63) is 87.7 Å². The molecule has 0 saturated heterocycles. The van der Waals surface area contributed by atoms with Gasteiger partial charge in [-0.05, 0) is 29.8 Å². The number of ether oxygens (including phenoxy) is 2. The lowest BCUT2D eigenvalue weighted by atomic mass is 9.93. The van der Waals surface area contributed by atoms with Crippen LogP contribution in [-0.4, -0.2) is 41.1 Å². The molecule has 1 aliphatic heterocycles. The van der Waals surface area contributed by atoms with E-state index in [9.17, 15) is 14.7 Å². The van der Waals surface area contributed by atoms with Crippen molar-refractivity contribution in [2.24, 2.45) is 0 Å². The SMILES string of the molecule is COC(=O)c1cc(N)c2c(n1)C(=O)N(Cc1ccc(OC)cc1)C2(O)c1ccccc1Cl. The summed E-state index contributed by atoms with van der Waals surface area (Å²) in [7, 11) is 2.75. The number of halogens is 1. The molecule has 0 bridgehead atoms. The highest BCUT2D eigenvalue weighted by molar-refractivity contribution is 6.31. The van der Waals surface area contributed by atoms with E-state index in [2.05, 4.69) is 4.98 Å². The minimum atomic E-state index is -2.00. The molecule has 0 fully saturated rings. The zero-order chi connectivity index (χ0) is 23.0. The third-order valence-corrected chi connectivity index (χ3v) is 5.71.